The lowest BCUT2D eigenvalue weighted by molar-refractivity contribution is 0.175. The van der Waals surface area contributed by atoms with Crippen LogP contribution in [0.5, 0.6) is 5.75 Å². The predicted octanol–water partition coefficient (Wildman–Crippen LogP) is 4.40. The summed E-state index contributed by atoms with van der Waals surface area (Å²) in [4.78, 5) is 2.58. The van der Waals surface area contributed by atoms with E-state index in [1.165, 1.54) is 43.5 Å². The van der Waals surface area contributed by atoms with Crippen LogP contribution in [0.2, 0.25) is 0 Å². The van der Waals surface area contributed by atoms with Gasteiger partial charge in [0.15, 0.2) is 0 Å². The minimum atomic E-state index is -0.0128. The maximum Gasteiger partial charge on any atom is 0.124 e. The van der Waals surface area contributed by atoms with Crippen LogP contribution in [0, 0.1) is 0 Å². The molecule has 1 atom stereocenters. The molecular formula is C21H27NO2. The number of hydrogen-bond donors (Lipinski definition) is 1. The van der Waals surface area contributed by atoms with Crippen molar-refractivity contribution in [3.8, 4) is 16.9 Å². The minimum Gasteiger partial charge on any atom is -0.496 e. The number of benzene rings is 2. The second-order valence-corrected chi connectivity index (χ2v) is 6.58. The molecule has 1 saturated heterocycles. The average Bonchev–Trinajstić information content (AvgIpc) is 2.67. The maximum absolute atomic E-state index is 9.50. The molecule has 3 nitrogen and oxygen atoms in total. The SMILES string of the molecule is COc1ccc(-c2ccc([C@H](C)N3CCCCC3)cc2)cc1CO. The van der Waals surface area contributed by atoms with Crippen LogP contribution in [0.1, 0.15) is 43.4 Å². The summed E-state index contributed by atoms with van der Waals surface area (Å²) in [6.45, 7) is 4.71. The molecule has 2 aromatic rings. The van der Waals surface area contributed by atoms with Crippen molar-refractivity contribution in [1.29, 1.82) is 0 Å². The van der Waals surface area contributed by atoms with Gasteiger partial charge in [0.25, 0.3) is 0 Å². The third-order valence-electron chi connectivity index (χ3n) is 5.12. The summed E-state index contributed by atoms with van der Waals surface area (Å²) < 4.78 is 5.28. The van der Waals surface area contributed by atoms with E-state index >= 15 is 0 Å². The highest BCUT2D eigenvalue weighted by molar-refractivity contribution is 5.66. The third-order valence-corrected chi connectivity index (χ3v) is 5.12. The molecule has 1 heterocycles. The summed E-state index contributed by atoms with van der Waals surface area (Å²) in [6.07, 6.45) is 4.00. The number of likely N-dealkylation sites (tertiary alicyclic amines) is 1. The van der Waals surface area contributed by atoms with Crippen LogP contribution in [0.15, 0.2) is 42.5 Å². The van der Waals surface area contributed by atoms with E-state index in [1.54, 1.807) is 7.11 Å². The lowest BCUT2D eigenvalue weighted by atomic mass is 9.98. The fourth-order valence-corrected chi connectivity index (χ4v) is 3.55. The second-order valence-electron chi connectivity index (χ2n) is 6.58. The minimum absolute atomic E-state index is 0.0128. The van der Waals surface area contributed by atoms with Gasteiger partial charge in [0.2, 0.25) is 0 Å². The Kier molecular flexibility index (Phi) is 5.54. The van der Waals surface area contributed by atoms with Crippen molar-refractivity contribution in [3.63, 3.8) is 0 Å². The summed E-state index contributed by atoms with van der Waals surface area (Å²) >= 11 is 0. The number of nitrogens with zero attached hydrogens (tertiary/aromatic N) is 1. The molecule has 0 unspecified atom stereocenters. The smallest absolute Gasteiger partial charge is 0.124 e. The van der Waals surface area contributed by atoms with E-state index < -0.39 is 0 Å². The summed E-state index contributed by atoms with van der Waals surface area (Å²) in [7, 11) is 1.63. The van der Waals surface area contributed by atoms with E-state index in [0.717, 1.165) is 16.9 Å². The summed E-state index contributed by atoms with van der Waals surface area (Å²) in [5.41, 5.74) is 4.47. The molecule has 0 aromatic heterocycles. The van der Waals surface area contributed by atoms with Crippen LogP contribution < -0.4 is 4.74 Å². The highest BCUT2D eigenvalue weighted by Gasteiger charge is 2.18. The average molecular weight is 325 g/mol. The molecule has 0 bridgehead atoms. The van der Waals surface area contributed by atoms with E-state index in [0.29, 0.717) is 6.04 Å². The first kappa shape index (κ1) is 17.0. The molecule has 3 heteroatoms. The van der Waals surface area contributed by atoms with E-state index in [2.05, 4.69) is 36.1 Å². The zero-order valence-electron chi connectivity index (χ0n) is 14.7. The van der Waals surface area contributed by atoms with Gasteiger partial charge in [-0.1, -0.05) is 36.8 Å². The highest BCUT2D eigenvalue weighted by atomic mass is 16.5. The van der Waals surface area contributed by atoms with Gasteiger partial charge in [0.1, 0.15) is 5.75 Å². The first-order valence-electron chi connectivity index (χ1n) is 8.85. The van der Waals surface area contributed by atoms with Crippen LogP contribution in [0.4, 0.5) is 0 Å². The molecular weight excluding hydrogens is 298 g/mol. The predicted molar refractivity (Wildman–Crippen MR) is 98.2 cm³/mol. The summed E-state index contributed by atoms with van der Waals surface area (Å²) in [6, 6.07) is 15.3. The summed E-state index contributed by atoms with van der Waals surface area (Å²) in [5.74, 6) is 0.733. The van der Waals surface area contributed by atoms with Gasteiger partial charge in [-0.25, -0.2) is 0 Å². The number of methoxy groups -OCH3 is 1. The second kappa shape index (κ2) is 7.82. The van der Waals surface area contributed by atoms with Crippen molar-refractivity contribution in [2.45, 2.75) is 38.8 Å². The Morgan fingerprint density at radius 1 is 1.00 bits per heavy atom. The first-order chi connectivity index (χ1) is 11.7. The quantitative estimate of drug-likeness (QED) is 0.884. The van der Waals surface area contributed by atoms with Gasteiger partial charge >= 0.3 is 0 Å². The van der Waals surface area contributed by atoms with Gasteiger partial charge in [-0.15, -0.1) is 0 Å². The lowest BCUT2D eigenvalue weighted by Crippen LogP contribution is -2.32. The molecule has 24 heavy (non-hydrogen) atoms. The zero-order chi connectivity index (χ0) is 16.9. The molecule has 1 fully saturated rings. The van der Waals surface area contributed by atoms with Crippen molar-refractivity contribution in [1.82, 2.24) is 4.90 Å². The molecule has 0 spiro atoms. The molecule has 128 valence electrons. The Bertz CT molecular complexity index is 660. The summed E-state index contributed by atoms with van der Waals surface area (Å²) in [5, 5.41) is 9.50. The van der Waals surface area contributed by atoms with Crippen LogP contribution in [-0.2, 0) is 6.61 Å². The molecule has 1 aliphatic rings. The van der Waals surface area contributed by atoms with Crippen molar-refractivity contribution in [2.75, 3.05) is 20.2 Å². The molecule has 2 aromatic carbocycles. The van der Waals surface area contributed by atoms with Crippen molar-refractivity contribution in [3.05, 3.63) is 53.6 Å². The monoisotopic (exact) mass is 325 g/mol. The molecule has 0 amide bonds. The zero-order valence-corrected chi connectivity index (χ0v) is 14.7. The fourth-order valence-electron chi connectivity index (χ4n) is 3.55. The van der Waals surface area contributed by atoms with Gasteiger partial charge in [0, 0.05) is 11.6 Å². The van der Waals surface area contributed by atoms with Crippen LogP contribution in [0.3, 0.4) is 0 Å². The van der Waals surface area contributed by atoms with E-state index in [9.17, 15) is 5.11 Å². The molecule has 3 rings (SSSR count). The molecule has 1 N–H and O–H groups in total. The van der Waals surface area contributed by atoms with E-state index in [4.69, 9.17) is 4.74 Å². The number of aliphatic hydroxyl groups is 1. The topological polar surface area (TPSA) is 32.7 Å². The Morgan fingerprint density at radius 3 is 2.29 bits per heavy atom. The maximum atomic E-state index is 9.50. The standard InChI is InChI=1S/C21H27NO2/c1-16(22-12-4-3-5-13-22)17-6-8-18(9-7-17)19-10-11-21(24-2)20(14-19)15-23/h6-11,14,16,23H,3-5,12-13,15H2,1-2H3/t16-/m0/s1. The van der Waals surface area contributed by atoms with Crippen LogP contribution in [0.25, 0.3) is 11.1 Å². The normalized spacial score (nSPS) is 16.8. The van der Waals surface area contributed by atoms with E-state index in [1.807, 2.05) is 18.2 Å². The van der Waals surface area contributed by atoms with Gasteiger partial charge in [-0.05, 0) is 61.7 Å². The molecule has 1 aliphatic heterocycles. The van der Waals surface area contributed by atoms with Crippen molar-refractivity contribution < 1.29 is 9.84 Å². The van der Waals surface area contributed by atoms with E-state index in [-0.39, 0.29) is 6.61 Å². The number of piperidine rings is 1. The Hall–Kier alpha value is -1.84. The first-order valence-corrected chi connectivity index (χ1v) is 8.85. The number of hydrogen-bond acceptors (Lipinski definition) is 3. The van der Waals surface area contributed by atoms with Gasteiger partial charge in [-0.3, -0.25) is 4.90 Å². The Balaban J connectivity index is 1.79. The van der Waals surface area contributed by atoms with Crippen molar-refractivity contribution >= 4 is 0 Å². The number of aliphatic hydroxyl groups excluding tert-OH is 1. The number of rotatable bonds is 5. The Labute approximate surface area is 144 Å². The molecule has 0 radical (unpaired) electrons. The third kappa shape index (κ3) is 3.63. The van der Waals surface area contributed by atoms with Gasteiger partial charge < -0.3 is 9.84 Å². The van der Waals surface area contributed by atoms with Gasteiger partial charge in [0.05, 0.1) is 13.7 Å². The fraction of sp³-hybridized carbons (Fsp3) is 0.429. The number of ether oxygens (including phenoxy) is 1. The molecule has 0 saturated carbocycles. The van der Waals surface area contributed by atoms with Crippen LogP contribution in [-0.4, -0.2) is 30.2 Å². The van der Waals surface area contributed by atoms with Crippen molar-refractivity contribution in [2.24, 2.45) is 0 Å². The lowest BCUT2D eigenvalue weighted by Gasteiger charge is -2.32. The largest absolute Gasteiger partial charge is 0.496 e. The van der Waals surface area contributed by atoms with Crippen LogP contribution >= 0.6 is 0 Å². The Morgan fingerprint density at radius 2 is 1.67 bits per heavy atom. The highest BCUT2D eigenvalue weighted by Crippen LogP contribution is 2.29. The molecule has 0 aliphatic carbocycles. The van der Waals surface area contributed by atoms with Gasteiger partial charge in [-0.2, -0.15) is 0 Å².